The summed E-state index contributed by atoms with van der Waals surface area (Å²) >= 11 is 0. The maximum absolute atomic E-state index is 13.4. The van der Waals surface area contributed by atoms with E-state index in [1.165, 1.54) is 0 Å². The van der Waals surface area contributed by atoms with E-state index in [-0.39, 0.29) is 17.3 Å². The molecule has 0 saturated heterocycles. The highest BCUT2D eigenvalue weighted by Crippen LogP contribution is 2.16. The third kappa shape index (κ3) is 4.10. The lowest BCUT2D eigenvalue weighted by Crippen LogP contribution is -2.10. The van der Waals surface area contributed by atoms with E-state index in [0.29, 0.717) is 11.3 Å². The molecule has 0 spiro atoms. The molecule has 0 aliphatic carbocycles. The minimum Gasteiger partial charge on any atom is -0.493 e. The van der Waals surface area contributed by atoms with Gasteiger partial charge in [-0.15, -0.1) is 0 Å². The first-order valence-electron chi connectivity index (χ1n) is 6.06. The molecule has 2 aromatic carbocycles. The third-order valence-electron chi connectivity index (χ3n) is 2.64. The van der Waals surface area contributed by atoms with Gasteiger partial charge in [-0.3, -0.25) is 4.21 Å². The van der Waals surface area contributed by atoms with Crippen LogP contribution in [-0.4, -0.2) is 16.6 Å². The highest BCUT2D eigenvalue weighted by molar-refractivity contribution is 7.85. The molecule has 0 aromatic heterocycles. The molecule has 0 heterocycles. The van der Waals surface area contributed by atoms with Gasteiger partial charge in [0.15, 0.2) is 0 Å². The van der Waals surface area contributed by atoms with Gasteiger partial charge in [-0.2, -0.15) is 5.26 Å². The lowest BCUT2D eigenvalue weighted by Gasteiger charge is -2.07. The maximum Gasteiger partial charge on any atom is 0.139 e. The van der Waals surface area contributed by atoms with Crippen molar-refractivity contribution >= 4 is 10.8 Å². The molecule has 0 N–H and O–H groups in total. The van der Waals surface area contributed by atoms with Crippen molar-refractivity contribution in [3.05, 3.63) is 59.7 Å². The Morgan fingerprint density at radius 1 is 1.19 bits per heavy atom. The summed E-state index contributed by atoms with van der Waals surface area (Å²) < 4.78 is 43.7. The third-order valence-corrected chi connectivity index (χ3v) is 3.98. The summed E-state index contributed by atoms with van der Waals surface area (Å²) in [5, 5.41) is 8.75. The Kier molecular flexibility index (Phi) is 5.01. The number of hydrogen-bond donors (Lipinski definition) is 0. The predicted molar refractivity (Wildman–Crippen MR) is 74.3 cm³/mol. The van der Waals surface area contributed by atoms with Crippen LogP contribution in [0, 0.1) is 23.0 Å². The SMILES string of the molecule is N#Cc1cccc(OCCS(=O)c2cc(F)ccc2F)c1. The molecule has 6 heteroatoms. The molecule has 1 unspecified atom stereocenters. The average molecular weight is 307 g/mol. The van der Waals surface area contributed by atoms with Crippen molar-refractivity contribution in [3.63, 3.8) is 0 Å². The molecule has 0 amide bonds. The van der Waals surface area contributed by atoms with Gasteiger partial charge in [0.2, 0.25) is 0 Å². The van der Waals surface area contributed by atoms with Gasteiger partial charge in [-0.25, -0.2) is 8.78 Å². The topological polar surface area (TPSA) is 50.1 Å². The first-order chi connectivity index (χ1) is 10.1. The molecule has 21 heavy (non-hydrogen) atoms. The molecule has 2 rings (SSSR count). The number of benzene rings is 2. The van der Waals surface area contributed by atoms with E-state index in [1.54, 1.807) is 24.3 Å². The second-order valence-corrected chi connectivity index (χ2v) is 5.65. The van der Waals surface area contributed by atoms with Crippen LogP contribution in [0.25, 0.3) is 0 Å². The normalized spacial score (nSPS) is 11.7. The van der Waals surface area contributed by atoms with Crippen LogP contribution in [0.5, 0.6) is 5.75 Å². The van der Waals surface area contributed by atoms with Crippen molar-refractivity contribution < 1.29 is 17.7 Å². The van der Waals surface area contributed by atoms with Crippen molar-refractivity contribution in [2.24, 2.45) is 0 Å². The van der Waals surface area contributed by atoms with Gasteiger partial charge in [0.1, 0.15) is 24.0 Å². The number of nitriles is 1. The van der Waals surface area contributed by atoms with Crippen LogP contribution in [-0.2, 0) is 10.8 Å². The quantitative estimate of drug-likeness (QED) is 0.853. The number of halogens is 2. The predicted octanol–water partition coefficient (Wildman–Crippen LogP) is 3.02. The molecular formula is C15H11F2NO2S. The summed E-state index contributed by atoms with van der Waals surface area (Å²) in [4.78, 5) is -0.177. The van der Waals surface area contributed by atoms with E-state index in [4.69, 9.17) is 10.00 Å². The highest BCUT2D eigenvalue weighted by Gasteiger charge is 2.11. The molecular weight excluding hydrogens is 296 g/mol. The first-order valence-corrected chi connectivity index (χ1v) is 7.38. The van der Waals surface area contributed by atoms with E-state index in [9.17, 15) is 13.0 Å². The molecule has 0 aliphatic rings. The summed E-state index contributed by atoms with van der Waals surface area (Å²) in [7, 11) is -1.69. The average Bonchev–Trinajstić information content (AvgIpc) is 2.49. The van der Waals surface area contributed by atoms with E-state index >= 15 is 0 Å². The van der Waals surface area contributed by atoms with E-state index in [0.717, 1.165) is 18.2 Å². The molecule has 0 radical (unpaired) electrons. The zero-order valence-corrected chi connectivity index (χ0v) is 11.7. The van der Waals surface area contributed by atoms with Crippen LogP contribution >= 0.6 is 0 Å². The second-order valence-electron chi connectivity index (χ2n) is 4.11. The molecule has 0 bridgehead atoms. The maximum atomic E-state index is 13.4. The van der Waals surface area contributed by atoms with Crippen LogP contribution < -0.4 is 4.74 Å². The van der Waals surface area contributed by atoms with Crippen molar-refractivity contribution in [1.29, 1.82) is 5.26 Å². The van der Waals surface area contributed by atoms with E-state index in [2.05, 4.69) is 0 Å². The van der Waals surface area contributed by atoms with E-state index < -0.39 is 22.4 Å². The van der Waals surface area contributed by atoms with Crippen molar-refractivity contribution in [2.75, 3.05) is 12.4 Å². The van der Waals surface area contributed by atoms with E-state index in [1.807, 2.05) is 6.07 Å². The molecule has 0 fully saturated rings. The van der Waals surface area contributed by atoms with Gasteiger partial charge >= 0.3 is 0 Å². The van der Waals surface area contributed by atoms with Crippen LogP contribution in [0.1, 0.15) is 5.56 Å². The van der Waals surface area contributed by atoms with Crippen LogP contribution in [0.3, 0.4) is 0 Å². The second kappa shape index (κ2) is 6.95. The minimum atomic E-state index is -1.69. The summed E-state index contributed by atoms with van der Waals surface area (Å²) in [5.74, 6) is -0.855. The van der Waals surface area contributed by atoms with Gasteiger partial charge in [-0.1, -0.05) is 6.07 Å². The fourth-order valence-electron chi connectivity index (χ4n) is 1.65. The molecule has 0 aliphatic heterocycles. The van der Waals surface area contributed by atoms with Gasteiger partial charge in [0.25, 0.3) is 0 Å². The number of ether oxygens (including phenoxy) is 1. The van der Waals surface area contributed by atoms with Crippen molar-refractivity contribution in [1.82, 2.24) is 0 Å². The molecule has 2 aromatic rings. The summed E-state index contributed by atoms with van der Waals surface area (Å²) in [5.41, 5.74) is 0.449. The lowest BCUT2D eigenvalue weighted by molar-refractivity contribution is 0.342. The fraction of sp³-hybridized carbons (Fsp3) is 0.133. The minimum absolute atomic E-state index is 0.0250. The van der Waals surface area contributed by atoms with Crippen molar-refractivity contribution in [2.45, 2.75) is 4.90 Å². The summed E-state index contributed by atoms with van der Waals surface area (Å²) in [6, 6.07) is 11.3. The number of nitrogens with zero attached hydrogens (tertiary/aromatic N) is 1. The zero-order valence-electron chi connectivity index (χ0n) is 10.9. The fourth-order valence-corrected chi connectivity index (χ4v) is 2.64. The van der Waals surface area contributed by atoms with Crippen LogP contribution in [0.4, 0.5) is 8.78 Å². The zero-order chi connectivity index (χ0) is 15.2. The lowest BCUT2D eigenvalue weighted by atomic mass is 10.2. The molecule has 108 valence electrons. The largest absolute Gasteiger partial charge is 0.493 e. The van der Waals surface area contributed by atoms with Gasteiger partial charge in [0, 0.05) is 0 Å². The standard InChI is InChI=1S/C15H11F2NO2S/c16-12-4-5-14(17)15(9-12)21(19)7-6-20-13-3-1-2-11(8-13)10-18/h1-5,8-9H,6-7H2. The van der Waals surface area contributed by atoms with Gasteiger partial charge in [-0.05, 0) is 36.4 Å². The van der Waals surface area contributed by atoms with Crippen LogP contribution in [0.15, 0.2) is 47.4 Å². The smallest absolute Gasteiger partial charge is 0.139 e. The Bertz CT molecular complexity index is 713. The van der Waals surface area contributed by atoms with Crippen LogP contribution in [0.2, 0.25) is 0 Å². The number of hydrogen-bond acceptors (Lipinski definition) is 3. The molecule has 0 saturated carbocycles. The van der Waals surface area contributed by atoms with Crippen molar-refractivity contribution in [3.8, 4) is 11.8 Å². The Balaban J connectivity index is 1.95. The highest BCUT2D eigenvalue weighted by atomic mass is 32.2. The molecule has 1 atom stereocenters. The monoisotopic (exact) mass is 307 g/mol. The summed E-state index contributed by atoms with van der Waals surface area (Å²) in [6.45, 7) is 0.0669. The Hall–Kier alpha value is -2.26. The Morgan fingerprint density at radius 3 is 2.76 bits per heavy atom. The Morgan fingerprint density at radius 2 is 2.00 bits per heavy atom. The first kappa shape index (κ1) is 15.1. The van der Waals surface area contributed by atoms with Gasteiger partial charge in [0.05, 0.1) is 33.1 Å². The number of rotatable bonds is 5. The molecule has 3 nitrogen and oxygen atoms in total. The van der Waals surface area contributed by atoms with Gasteiger partial charge < -0.3 is 4.74 Å². The summed E-state index contributed by atoms with van der Waals surface area (Å²) in [6.07, 6.45) is 0. The Labute approximate surface area is 123 Å².